The second kappa shape index (κ2) is 7.97. The number of hydrogen-bond acceptors (Lipinski definition) is 6. The fraction of sp³-hybridized carbons (Fsp3) is 0.500. The van der Waals surface area contributed by atoms with E-state index < -0.39 is 0 Å². The van der Waals surface area contributed by atoms with Crippen molar-refractivity contribution in [2.24, 2.45) is 0 Å². The fourth-order valence-corrected chi connectivity index (χ4v) is 3.62. The zero-order valence-electron chi connectivity index (χ0n) is 15.2. The van der Waals surface area contributed by atoms with E-state index in [-0.39, 0.29) is 18.2 Å². The molecule has 4 N–H and O–H groups in total. The molecule has 0 aromatic heterocycles. The average molecular weight is 344 g/mol. The van der Waals surface area contributed by atoms with Crippen molar-refractivity contribution in [3.63, 3.8) is 0 Å². The van der Waals surface area contributed by atoms with Crippen LogP contribution in [-0.4, -0.2) is 64.0 Å². The SMILES string of the molecule is CNC1CN(c2ccccc2C=C2CCNC2=O)CC(NC)N1NC. The highest BCUT2D eigenvalue weighted by Gasteiger charge is 2.33. The minimum Gasteiger partial charge on any atom is -0.365 e. The fourth-order valence-electron chi connectivity index (χ4n) is 3.62. The molecular formula is C18H28N6O. The first-order chi connectivity index (χ1) is 12.2. The Morgan fingerprint density at radius 2 is 1.80 bits per heavy atom. The Morgan fingerprint density at radius 3 is 2.36 bits per heavy atom. The predicted molar refractivity (Wildman–Crippen MR) is 101 cm³/mol. The van der Waals surface area contributed by atoms with Crippen molar-refractivity contribution in [3.8, 4) is 0 Å². The summed E-state index contributed by atoms with van der Waals surface area (Å²) in [5, 5.41) is 11.8. The van der Waals surface area contributed by atoms with Gasteiger partial charge in [0.05, 0.1) is 12.3 Å². The molecule has 2 saturated heterocycles. The summed E-state index contributed by atoms with van der Waals surface area (Å²) in [5.41, 5.74) is 6.38. The van der Waals surface area contributed by atoms with Crippen molar-refractivity contribution in [3.05, 3.63) is 35.4 Å². The van der Waals surface area contributed by atoms with Gasteiger partial charge in [0.1, 0.15) is 0 Å². The van der Waals surface area contributed by atoms with Gasteiger partial charge < -0.3 is 20.9 Å². The van der Waals surface area contributed by atoms with Gasteiger partial charge in [-0.15, -0.1) is 0 Å². The van der Waals surface area contributed by atoms with Gasteiger partial charge >= 0.3 is 0 Å². The summed E-state index contributed by atoms with van der Waals surface area (Å²) in [6, 6.07) is 8.30. The summed E-state index contributed by atoms with van der Waals surface area (Å²) in [5.74, 6) is 0.0519. The molecule has 25 heavy (non-hydrogen) atoms. The number of nitrogens with zero attached hydrogens (tertiary/aromatic N) is 2. The van der Waals surface area contributed by atoms with E-state index in [1.54, 1.807) is 0 Å². The molecular weight excluding hydrogens is 316 g/mol. The third-order valence-corrected chi connectivity index (χ3v) is 4.96. The average Bonchev–Trinajstić information content (AvgIpc) is 3.05. The van der Waals surface area contributed by atoms with Crippen LogP contribution in [0.4, 0.5) is 5.69 Å². The van der Waals surface area contributed by atoms with Crippen LogP contribution in [0.5, 0.6) is 0 Å². The van der Waals surface area contributed by atoms with E-state index in [1.807, 2.05) is 33.3 Å². The van der Waals surface area contributed by atoms with E-state index >= 15 is 0 Å². The van der Waals surface area contributed by atoms with E-state index in [4.69, 9.17) is 0 Å². The number of para-hydroxylation sites is 1. The molecule has 136 valence electrons. The molecule has 2 atom stereocenters. The lowest BCUT2D eigenvalue weighted by Crippen LogP contribution is -2.69. The molecule has 2 heterocycles. The van der Waals surface area contributed by atoms with Gasteiger partial charge in [0.15, 0.2) is 0 Å². The Labute approximate surface area is 149 Å². The number of hydrazine groups is 1. The van der Waals surface area contributed by atoms with Crippen molar-refractivity contribution in [2.45, 2.75) is 18.8 Å². The molecule has 0 spiro atoms. The van der Waals surface area contributed by atoms with Crippen LogP contribution < -0.4 is 26.3 Å². The molecule has 1 amide bonds. The number of rotatable bonds is 5. The maximum atomic E-state index is 11.9. The Kier molecular flexibility index (Phi) is 5.70. The highest BCUT2D eigenvalue weighted by atomic mass is 16.1. The number of likely N-dealkylation sites (N-methyl/N-ethyl adjacent to an activating group) is 2. The number of anilines is 1. The molecule has 1 aromatic carbocycles. The number of benzene rings is 1. The van der Waals surface area contributed by atoms with Crippen molar-refractivity contribution in [1.29, 1.82) is 0 Å². The molecule has 0 saturated carbocycles. The first kappa shape index (κ1) is 17.9. The first-order valence-corrected chi connectivity index (χ1v) is 8.81. The molecule has 2 unspecified atom stereocenters. The Hall–Kier alpha value is -1.93. The van der Waals surface area contributed by atoms with Gasteiger partial charge in [-0.25, -0.2) is 5.01 Å². The molecule has 0 bridgehead atoms. The van der Waals surface area contributed by atoms with Crippen molar-refractivity contribution < 1.29 is 4.79 Å². The summed E-state index contributed by atoms with van der Waals surface area (Å²) < 4.78 is 0. The lowest BCUT2D eigenvalue weighted by atomic mass is 10.1. The predicted octanol–water partition coefficient (Wildman–Crippen LogP) is -0.0627. The maximum absolute atomic E-state index is 11.9. The summed E-state index contributed by atoms with van der Waals surface area (Å²) in [6.07, 6.45) is 3.17. The quantitative estimate of drug-likeness (QED) is 0.561. The van der Waals surface area contributed by atoms with Crippen LogP contribution in [0.15, 0.2) is 29.8 Å². The van der Waals surface area contributed by atoms with Crippen LogP contribution in [0, 0.1) is 0 Å². The van der Waals surface area contributed by atoms with Crippen LogP contribution in [0.25, 0.3) is 6.08 Å². The van der Waals surface area contributed by atoms with E-state index in [9.17, 15) is 4.79 Å². The van der Waals surface area contributed by atoms with E-state index in [0.29, 0.717) is 0 Å². The number of amides is 1. The molecule has 1 aromatic rings. The minimum atomic E-state index is 0.0519. The number of nitrogens with one attached hydrogen (secondary N) is 4. The molecule has 3 rings (SSSR count). The van der Waals surface area contributed by atoms with Crippen molar-refractivity contribution in [1.82, 2.24) is 26.4 Å². The van der Waals surface area contributed by atoms with Crippen molar-refractivity contribution in [2.75, 3.05) is 45.7 Å². The highest BCUT2D eigenvalue weighted by molar-refractivity contribution is 6.00. The second-order valence-electron chi connectivity index (χ2n) is 6.38. The van der Waals surface area contributed by atoms with Gasteiger partial charge in [0, 0.05) is 30.9 Å². The van der Waals surface area contributed by atoms with Gasteiger partial charge in [-0.05, 0) is 45.3 Å². The molecule has 2 aliphatic heterocycles. The summed E-state index contributed by atoms with van der Waals surface area (Å²) in [6.45, 7) is 2.43. The molecule has 0 aliphatic carbocycles. The third-order valence-electron chi connectivity index (χ3n) is 4.96. The standard InChI is InChI=1S/C18H28N6O/c1-19-16-11-23(12-17(20-2)24(16)21-3)15-7-5-4-6-13(15)10-14-8-9-22-18(14)25/h4-7,10,16-17,19-21H,8-9,11-12H2,1-3H3,(H,22,25). The molecule has 2 aliphatic rings. The van der Waals surface area contributed by atoms with Crippen LogP contribution in [0.1, 0.15) is 12.0 Å². The third kappa shape index (κ3) is 3.69. The Morgan fingerprint density at radius 1 is 1.12 bits per heavy atom. The highest BCUT2D eigenvalue weighted by Crippen LogP contribution is 2.27. The summed E-state index contributed by atoms with van der Waals surface area (Å²) in [7, 11) is 5.89. The van der Waals surface area contributed by atoms with Crippen LogP contribution in [0.3, 0.4) is 0 Å². The first-order valence-electron chi connectivity index (χ1n) is 8.81. The van der Waals surface area contributed by atoms with Gasteiger partial charge in [0.25, 0.3) is 0 Å². The summed E-state index contributed by atoms with van der Waals surface area (Å²) >= 11 is 0. The van der Waals surface area contributed by atoms with Crippen LogP contribution in [-0.2, 0) is 4.79 Å². The minimum absolute atomic E-state index is 0.0519. The monoisotopic (exact) mass is 344 g/mol. The molecule has 0 radical (unpaired) electrons. The number of carbonyl (C=O) groups is 1. The van der Waals surface area contributed by atoms with Crippen LogP contribution in [0.2, 0.25) is 0 Å². The Bertz CT molecular complexity index is 632. The van der Waals surface area contributed by atoms with Crippen molar-refractivity contribution >= 4 is 17.7 Å². The van der Waals surface area contributed by atoms with Gasteiger partial charge in [-0.2, -0.15) is 0 Å². The lowest BCUT2D eigenvalue weighted by molar-refractivity contribution is -0.116. The maximum Gasteiger partial charge on any atom is 0.247 e. The number of hydrogen-bond donors (Lipinski definition) is 4. The van der Waals surface area contributed by atoms with Gasteiger partial charge in [-0.3, -0.25) is 10.2 Å². The molecule has 2 fully saturated rings. The Balaban J connectivity index is 1.90. The lowest BCUT2D eigenvalue weighted by Gasteiger charge is -2.47. The number of carbonyl (C=O) groups excluding carboxylic acids is 1. The van der Waals surface area contributed by atoms with E-state index in [2.05, 4.69) is 49.5 Å². The summed E-state index contributed by atoms with van der Waals surface area (Å²) in [4.78, 5) is 14.3. The zero-order valence-corrected chi connectivity index (χ0v) is 15.2. The molecule has 7 heteroatoms. The second-order valence-corrected chi connectivity index (χ2v) is 6.38. The van der Waals surface area contributed by atoms with Gasteiger partial charge in [-0.1, -0.05) is 18.2 Å². The smallest absolute Gasteiger partial charge is 0.247 e. The molecule has 7 nitrogen and oxygen atoms in total. The normalized spacial score (nSPS) is 26.3. The van der Waals surface area contributed by atoms with Crippen LogP contribution >= 0.6 is 0 Å². The van der Waals surface area contributed by atoms with E-state index in [0.717, 1.165) is 42.9 Å². The van der Waals surface area contributed by atoms with E-state index in [1.165, 1.54) is 0 Å². The van der Waals surface area contributed by atoms with Gasteiger partial charge in [0.2, 0.25) is 5.91 Å². The topological polar surface area (TPSA) is 71.7 Å². The zero-order chi connectivity index (χ0) is 17.8. The number of piperazine rings is 1. The largest absolute Gasteiger partial charge is 0.365 e.